The number of hydrogen-bond acceptors (Lipinski definition) is 1. The van der Waals surface area contributed by atoms with E-state index in [1.807, 2.05) is 18.2 Å². The molecule has 0 bridgehead atoms. The molecule has 86 valence electrons. The topological polar surface area (TPSA) is 37.3 Å². The molecule has 0 aromatic heterocycles. The third-order valence-corrected chi connectivity index (χ3v) is 3.57. The maximum atomic E-state index is 10.8. The van der Waals surface area contributed by atoms with Crippen molar-refractivity contribution in [1.29, 1.82) is 0 Å². The van der Waals surface area contributed by atoms with Gasteiger partial charge < -0.3 is 5.11 Å². The average Bonchev–Trinajstić information content (AvgIpc) is 2.30. The molecule has 1 N–H and O–H groups in total. The van der Waals surface area contributed by atoms with E-state index in [0.29, 0.717) is 18.3 Å². The molecule has 0 saturated heterocycles. The molecule has 2 atom stereocenters. The first-order valence-corrected chi connectivity index (χ1v) is 6.04. The second-order valence-corrected chi connectivity index (χ2v) is 4.66. The second kappa shape index (κ2) is 5.15. The Hall–Kier alpha value is -1.31. The molecule has 2 nitrogen and oxygen atoms in total. The third-order valence-electron chi connectivity index (χ3n) is 3.57. The Kier molecular flexibility index (Phi) is 3.60. The molecule has 0 radical (unpaired) electrons. The summed E-state index contributed by atoms with van der Waals surface area (Å²) in [6.07, 6.45) is 4.93. The Labute approximate surface area is 96.3 Å². The number of carbonyl (C=O) groups is 1. The fraction of sp³-hybridized carbons (Fsp3) is 0.500. The highest BCUT2D eigenvalue weighted by Crippen LogP contribution is 2.39. The Bertz CT molecular complexity index is 345. The smallest absolute Gasteiger partial charge is 0.303 e. The van der Waals surface area contributed by atoms with E-state index in [1.54, 1.807) is 0 Å². The summed E-state index contributed by atoms with van der Waals surface area (Å²) in [6.45, 7) is 0. The molecule has 2 heteroatoms. The summed E-state index contributed by atoms with van der Waals surface area (Å²) in [4.78, 5) is 10.8. The van der Waals surface area contributed by atoms with Crippen molar-refractivity contribution in [3.8, 4) is 0 Å². The van der Waals surface area contributed by atoms with Crippen molar-refractivity contribution >= 4 is 5.97 Å². The second-order valence-electron chi connectivity index (χ2n) is 4.66. The number of aliphatic carboxylic acids is 1. The molecule has 1 aromatic carbocycles. The predicted octanol–water partition coefficient (Wildman–Crippen LogP) is 3.44. The van der Waals surface area contributed by atoms with E-state index < -0.39 is 5.97 Å². The lowest BCUT2D eigenvalue weighted by molar-refractivity contribution is -0.138. The molecule has 0 unspecified atom stereocenters. The van der Waals surface area contributed by atoms with E-state index in [4.69, 9.17) is 5.11 Å². The van der Waals surface area contributed by atoms with Crippen LogP contribution < -0.4 is 0 Å². The molecule has 0 aliphatic heterocycles. The van der Waals surface area contributed by atoms with Crippen molar-refractivity contribution in [1.82, 2.24) is 0 Å². The van der Waals surface area contributed by atoms with Crippen molar-refractivity contribution < 1.29 is 9.90 Å². The van der Waals surface area contributed by atoms with Crippen LogP contribution in [0.4, 0.5) is 0 Å². The van der Waals surface area contributed by atoms with Crippen LogP contribution in [0, 0.1) is 5.92 Å². The van der Waals surface area contributed by atoms with Gasteiger partial charge in [-0.3, -0.25) is 4.79 Å². The molecule has 1 aliphatic carbocycles. The third kappa shape index (κ3) is 2.63. The normalized spacial score (nSPS) is 25.2. The van der Waals surface area contributed by atoms with E-state index in [2.05, 4.69) is 12.1 Å². The minimum Gasteiger partial charge on any atom is -0.481 e. The zero-order chi connectivity index (χ0) is 11.4. The molecule has 1 fully saturated rings. The van der Waals surface area contributed by atoms with Crippen molar-refractivity contribution in [2.75, 3.05) is 0 Å². The highest BCUT2D eigenvalue weighted by molar-refractivity contribution is 5.67. The molecule has 0 heterocycles. The summed E-state index contributed by atoms with van der Waals surface area (Å²) < 4.78 is 0. The van der Waals surface area contributed by atoms with Gasteiger partial charge in [0.05, 0.1) is 0 Å². The van der Waals surface area contributed by atoms with E-state index >= 15 is 0 Å². The molecule has 1 aliphatic rings. The van der Waals surface area contributed by atoms with Gasteiger partial charge in [0.1, 0.15) is 0 Å². The van der Waals surface area contributed by atoms with E-state index in [-0.39, 0.29) is 0 Å². The lowest BCUT2D eigenvalue weighted by atomic mass is 9.74. The van der Waals surface area contributed by atoms with E-state index in [1.165, 1.54) is 18.4 Å². The molecule has 0 spiro atoms. The number of rotatable bonds is 3. The summed E-state index contributed by atoms with van der Waals surface area (Å²) in [5.74, 6) is 0.118. The van der Waals surface area contributed by atoms with Gasteiger partial charge in [0.15, 0.2) is 0 Å². The number of carboxylic acid groups (broad SMARTS) is 1. The summed E-state index contributed by atoms with van der Waals surface area (Å²) >= 11 is 0. The highest BCUT2D eigenvalue weighted by atomic mass is 16.4. The number of benzene rings is 1. The fourth-order valence-corrected chi connectivity index (χ4v) is 2.82. The summed E-state index contributed by atoms with van der Waals surface area (Å²) in [6, 6.07) is 10.4. The lowest BCUT2D eigenvalue weighted by Gasteiger charge is -2.30. The zero-order valence-corrected chi connectivity index (χ0v) is 9.43. The monoisotopic (exact) mass is 218 g/mol. The Morgan fingerprint density at radius 2 is 1.88 bits per heavy atom. The zero-order valence-electron chi connectivity index (χ0n) is 9.43. The Morgan fingerprint density at radius 1 is 1.19 bits per heavy atom. The largest absolute Gasteiger partial charge is 0.481 e. The predicted molar refractivity (Wildman–Crippen MR) is 63.4 cm³/mol. The van der Waals surface area contributed by atoms with Crippen LogP contribution in [0.3, 0.4) is 0 Å². The first-order valence-electron chi connectivity index (χ1n) is 6.04. The van der Waals surface area contributed by atoms with Crippen LogP contribution in [0.5, 0.6) is 0 Å². The fourth-order valence-electron chi connectivity index (χ4n) is 2.82. The van der Waals surface area contributed by atoms with Crippen molar-refractivity contribution in [2.45, 2.75) is 38.0 Å². The molecule has 1 aromatic rings. The summed E-state index contributed by atoms with van der Waals surface area (Å²) in [5, 5.41) is 8.93. The van der Waals surface area contributed by atoms with Crippen molar-refractivity contribution in [2.24, 2.45) is 5.92 Å². The van der Waals surface area contributed by atoms with Gasteiger partial charge in [-0.15, -0.1) is 0 Å². The van der Waals surface area contributed by atoms with Crippen LogP contribution in [0.15, 0.2) is 30.3 Å². The summed E-state index contributed by atoms with van der Waals surface area (Å²) in [5.41, 5.74) is 1.31. The van der Waals surface area contributed by atoms with Crippen LogP contribution in [-0.2, 0) is 4.79 Å². The molecular weight excluding hydrogens is 200 g/mol. The van der Waals surface area contributed by atoms with E-state index in [9.17, 15) is 4.79 Å². The van der Waals surface area contributed by atoms with Crippen molar-refractivity contribution in [3.63, 3.8) is 0 Å². The van der Waals surface area contributed by atoms with Crippen LogP contribution >= 0.6 is 0 Å². The van der Waals surface area contributed by atoms with Gasteiger partial charge in [-0.2, -0.15) is 0 Å². The Balaban J connectivity index is 2.13. The lowest BCUT2D eigenvalue weighted by Crippen LogP contribution is -2.20. The van der Waals surface area contributed by atoms with Gasteiger partial charge in [-0.1, -0.05) is 43.2 Å². The Morgan fingerprint density at radius 3 is 2.56 bits per heavy atom. The maximum Gasteiger partial charge on any atom is 0.303 e. The minimum absolute atomic E-state index is 0.319. The number of carboxylic acids is 1. The maximum absolute atomic E-state index is 10.8. The van der Waals surface area contributed by atoms with Crippen LogP contribution in [0.2, 0.25) is 0 Å². The molecule has 0 amide bonds. The molecule has 1 saturated carbocycles. The van der Waals surface area contributed by atoms with Gasteiger partial charge >= 0.3 is 5.97 Å². The van der Waals surface area contributed by atoms with Gasteiger partial charge in [-0.05, 0) is 30.2 Å². The number of hydrogen-bond donors (Lipinski definition) is 1. The summed E-state index contributed by atoms with van der Waals surface area (Å²) in [7, 11) is 0. The van der Waals surface area contributed by atoms with Crippen LogP contribution in [0.25, 0.3) is 0 Å². The van der Waals surface area contributed by atoms with Gasteiger partial charge in [0.2, 0.25) is 0 Å². The average molecular weight is 218 g/mol. The SMILES string of the molecule is O=C(O)C[C@@H]1CCCC[C@@H]1c1ccccc1. The molecule has 16 heavy (non-hydrogen) atoms. The standard InChI is InChI=1S/C14H18O2/c15-14(16)10-12-8-4-5-9-13(12)11-6-2-1-3-7-11/h1-3,6-7,12-13H,4-5,8-10H2,(H,15,16)/t12-,13+/m0/s1. The minimum atomic E-state index is -0.659. The van der Waals surface area contributed by atoms with Gasteiger partial charge in [-0.25, -0.2) is 0 Å². The first-order chi connectivity index (χ1) is 7.77. The quantitative estimate of drug-likeness (QED) is 0.843. The first kappa shape index (κ1) is 11.2. The molecular formula is C14H18O2. The van der Waals surface area contributed by atoms with E-state index in [0.717, 1.165) is 12.8 Å². The van der Waals surface area contributed by atoms with Crippen molar-refractivity contribution in [3.05, 3.63) is 35.9 Å². The van der Waals surface area contributed by atoms with Crippen LogP contribution in [-0.4, -0.2) is 11.1 Å². The van der Waals surface area contributed by atoms with Gasteiger partial charge in [0.25, 0.3) is 0 Å². The van der Waals surface area contributed by atoms with Crippen LogP contribution in [0.1, 0.15) is 43.6 Å². The molecule has 2 rings (SSSR count). The van der Waals surface area contributed by atoms with Gasteiger partial charge in [0, 0.05) is 6.42 Å². The highest BCUT2D eigenvalue weighted by Gasteiger charge is 2.27.